The highest BCUT2D eigenvalue weighted by Gasteiger charge is 2.16. The van der Waals surface area contributed by atoms with Crippen LogP contribution in [-0.4, -0.2) is 54.9 Å². The quantitative estimate of drug-likeness (QED) is 0.769. The zero-order chi connectivity index (χ0) is 13.7. The van der Waals surface area contributed by atoms with E-state index in [2.05, 4.69) is 4.98 Å². The van der Waals surface area contributed by atoms with Gasteiger partial charge in [0, 0.05) is 13.6 Å². The summed E-state index contributed by atoms with van der Waals surface area (Å²) in [5.41, 5.74) is 0.101. The summed E-state index contributed by atoms with van der Waals surface area (Å²) in [6, 6.07) is 1.11. The lowest BCUT2D eigenvalue weighted by molar-refractivity contribution is 0.0790. The van der Waals surface area contributed by atoms with Gasteiger partial charge in [0.05, 0.1) is 11.8 Å². The van der Waals surface area contributed by atoms with Crippen LogP contribution in [0.25, 0.3) is 0 Å². The molecule has 0 aliphatic carbocycles. The van der Waals surface area contributed by atoms with E-state index in [0.29, 0.717) is 6.54 Å². The average molecular weight is 274 g/mol. The largest absolute Gasteiger partial charge is 0.342 e. The lowest BCUT2D eigenvalue weighted by Gasteiger charge is -2.18. The Morgan fingerprint density at radius 1 is 1.39 bits per heavy atom. The molecule has 1 amide bonds. The molecule has 6 heteroatoms. The second-order valence-electron chi connectivity index (χ2n) is 4.38. The maximum atomic E-state index is 13.0. The standard InChI is InChI=1S/C12H17ClFN3O/c1-16(2)5-4-6-17(3)12(18)10-7-9(14)8-15-11(10)13/h7-8H,4-6H2,1-3H3. The summed E-state index contributed by atoms with van der Waals surface area (Å²) in [6.07, 6.45) is 1.83. The van der Waals surface area contributed by atoms with Crippen LogP contribution in [0.3, 0.4) is 0 Å². The van der Waals surface area contributed by atoms with Crippen molar-refractivity contribution < 1.29 is 9.18 Å². The van der Waals surface area contributed by atoms with Crippen LogP contribution < -0.4 is 0 Å². The van der Waals surface area contributed by atoms with Crippen LogP contribution in [-0.2, 0) is 0 Å². The third-order valence-corrected chi connectivity index (χ3v) is 2.78. The van der Waals surface area contributed by atoms with Crippen molar-refractivity contribution in [1.29, 1.82) is 0 Å². The van der Waals surface area contributed by atoms with Crippen LogP contribution >= 0.6 is 11.6 Å². The fraction of sp³-hybridized carbons (Fsp3) is 0.500. The zero-order valence-electron chi connectivity index (χ0n) is 10.8. The van der Waals surface area contributed by atoms with E-state index in [1.807, 2.05) is 19.0 Å². The van der Waals surface area contributed by atoms with E-state index in [-0.39, 0.29) is 16.6 Å². The summed E-state index contributed by atoms with van der Waals surface area (Å²) in [5, 5.41) is 0.0286. The Bertz CT molecular complexity index is 426. The SMILES string of the molecule is CN(C)CCCN(C)C(=O)c1cc(F)cnc1Cl. The molecule has 0 atom stereocenters. The van der Waals surface area contributed by atoms with E-state index in [1.165, 1.54) is 4.90 Å². The highest BCUT2D eigenvalue weighted by Crippen LogP contribution is 2.15. The fourth-order valence-electron chi connectivity index (χ4n) is 1.50. The minimum absolute atomic E-state index is 0.0286. The Morgan fingerprint density at radius 2 is 2.06 bits per heavy atom. The molecule has 1 aromatic rings. The predicted octanol–water partition coefficient (Wildman–Crippen LogP) is 1.90. The van der Waals surface area contributed by atoms with E-state index in [1.54, 1.807) is 7.05 Å². The lowest BCUT2D eigenvalue weighted by Crippen LogP contribution is -2.30. The van der Waals surface area contributed by atoms with Crippen LogP contribution in [0.1, 0.15) is 16.8 Å². The number of hydrogen-bond acceptors (Lipinski definition) is 3. The third-order valence-electron chi connectivity index (χ3n) is 2.48. The van der Waals surface area contributed by atoms with Crippen molar-refractivity contribution in [1.82, 2.24) is 14.8 Å². The van der Waals surface area contributed by atoms with Crippen molar-refractivity contribution in [2.75, 3.05) is 34.2 Å². The number of carbonyl (C=O) groups is 1. The molecule has 0 spiro atoms. The first kappa shape index (κ1) is 14.9. The summed E-state index contributed by atoms with van der Waals surface area (Å²) in [7, 11) is 5.60. The molecular formula is C12H17ClFN3O. The average Bonchev–Trinajstić information content (AvgIpc) is 2.30. The molecule has 0 saturated carbocycles. The molecule has 4 nitrogen and oxygen atoms in total. The topological polar surface area (TPSA) is 36.4 Å². The molecule has 1 aromatic heterocycles. The van der Waals surface area contributed by atoms with Gasteiger partial charge in [-0.15, -0.1) is 0 Å². The number of pyridine rings is 1. The molecule has 0 fully saturated rings. The third kappa shape index (κ3) is 4.23. The van der Waals surface area contributed by atoms with Crippen molar-refractivity contribution in [3.63, 3.8) is 0 Å². The van der Waals surface area contributed by atoms with Gasteiger partial charge in [0.15, 0.2) is 0 Å². The Labute approximate surface area is 111 Å². The van der Waals surface area contributed by atoms with Crippen LogP contribution in [0, 0.1) is 5.82 Å². The van der Waals surface area contributed by atoms with Crippen LogP contribution in [0.15, 0.2) is 12.3 Å². The molecule has 0 aromatic carbocycles. The van der Waals surface area contributed by atoms with Crippen molar-refractivity contribution in [2.24, 2.45) is 0 Å². The van der Waals surface area contributed by atoms with E-state index in [4.69, 9.17) is 11.6 Å². The molecule has 0 bridgehead atoms. The van der Waals surface area contributed by atoms with E-state index in [0.717, 1.165) is 25.2 Å². The molecular weight excluding hydrogens is 257 g/mol. The highest BCUT2D eigenvalue weighted by atomic mass is 35.5. The summed E-state index contributed by atoms with van der Waals surface area (Å²) in [5.74, 6) is -0.879. The van der Waals surface area contributed by atoms with E-state index in [9.17, 15) is 9.18 Å². The Kier molecular flexibility index (Phi) is 5.50. The maximum Gasteiger partial charge on any atom is 0.256 e. The number of carbonyl (C=O) groups excluding carboxylic acids is 1. The number of aromatic nitrogens is 1. The minimum Gasteiger partial charge on any atom is -0.342 e. The molecule has 0 aliphatic heterocycles. The minimum atomic E-state index is -0.565. The summed E-state index contributed by atoms with van der Waals surface area (Å²) in [4.78, 5) is 19.2. The van der Waals surface area contributed by atoms with Crippen LogP contribution in [0.2, 0.25) is 5.15 Å². The van der Waals surface area contributed by atoms with Crippen molar-refractivity contribution in [3.05, 3.63) is 28.8 Å². The summed E-state index contributed by atoms with van der Waals surface area (Å²) < 4.78 is 13.0. The summed E-state index contributed by atoms with van der Waals surface area (Å²) >= 11 is 5.79. The van der Waals surface area contributed by atoms with Gasteiger partial charge in [0.1, 0.15) is 11.0 Å². The second kappa shape index (κ2) is 6.66. The molecule has 18 heavy (non-hydrogen) atoms. The fourth-order valence-corrected chi connectivity index (χ4v) is 1.69. The van der Waals surface area contributed by atoms with E-state index >= 15 is 0 Å². The number of halogens is 2. The van der Waals surface area contributed by atoms with Crippen LogP contribution in [0.4, 0.5) is 4.39 Å². The smallest absolute Gasteiger partial charge is 0.256 e. The summed E-state index contributed by atoms with van der Waals surface area (Å²) in [6.45, 7) is 1.47. The normalized spacial score (nSPS) is 10.8. The molecule has 0 N–H and O–H groups in total. The molecule has 0 radical (unpaired) electrons. The number of hydrogen-bond donors (Lipinski definition) is 0. The first-order chi connectivity index (χ1) is 8.41. The van der Waals surface area contributed by atoms with Gasteiger partial charge in [0.2, 0.25) is 0 Å². The first-order valence-corrected chi connectivity index (χ1v) is 6.01. The number of rotatable bonds is 5. The van der Waals surface area contributed by atoms with Gasteiger partial charge in [-0.1, -0.05) is 11.6 Å². The molecule has 0 saturated heterocycles. The number of nitrogens with zero attached hydrogens (tertiary/aromatic N) is 3. The van der Waals surface area contributed by atoms with Crippen molar-refractivity contribution in [3.8, 4) is 0 Å². The molecule has 1 rings (SSSR count). The predicted molar refractivity (Wildman–Crippen MR) is 69.3 cm³/mol. The number of amides is 1. The monoisotopic (exact) mass is 273 g/mol. The first-order valence-electron chi connectivity index (χ1n) is 5.63. The second-order valence-corrected chi connectivity index (χ2v) is 4.73. The van der Waals surface area contributed by atoms with Gasteiger partial charge in [-0.2, -0.15) is 0 Å². The van der Waals surface area contributed by atoms with Gasteiger partial charge < -0.3 is 9.80 Å². The molecule has 0 unspecified atom stereocenters. The van der Waals surface area contributed by atoms with Gasteiger partial charge in [0.25, 0.3) is 5.91 Å². The zero-order valence-corrected chi connectivity index (χ0v) is 11.5. The molecule has 1 heterocycles. The van der Waals surface area contributed by atoms with Crippen molar-refractivity contribution in [2.45, 2.75) is 6.42 Å². The highest BCUT2D eigenvalue weighted by molar-refractivity contribution is 6.32. The van der Waals surface area contributed by atoms with Gasteiger partial charge >= 0.3 is 0 Å². The van der Waals surface area contributed by atoms with Crippen molar-refractivity contribution >= 4 is 17.5 Å². The van der Waals surface area contributed by atoms with Gasteiger partial charge in [-0.3, -0.25) is 4.79 Å². The molecule has 0 aliphatic rings. The van der Waals surface area contributed by atoms with Gasteiger partial charge in [-0.25, -0.2) is 9.37 Å². The lowest BCUT2D eigenvalue weighted by atomic mass is 10.2. The Morgan fingerprint density at radius 3 is 2.67 bits per heavy atom. The molecule has 100 valence electrons. The maximum absolute atomic E-state index is 13.0. The van der Waals surface area contributed by atoms with Crippen LogP contribution in [0.5, 0.6) is 0 Å². The Balaban J connectivity index is 2.65. The van der Waals surface area contributed by atoms with Gasteiger partial charge in [-0.05, 0) is 33.1 Å². The van der Waals surface area contributed by atoms with E-state index < -0.39 is 5.82 Å². The Hall–Kier alpha value is -1.20.